The molecule has 0 unspecified atom stereocenters. The molecule has 0 atom stereocenters. The Morgan fingerprint density at radius 3 is 2.72 bits per heavy atom. The average molecular weight is 432 g/mol. The van der Waals surface area contributed by atoms with Crippen molar-refractivity contribution in [3.05, 3.63) is 65.2 Å². The minimum absolute atomic E-state index is 0.0704. The second kappa shape index (κ2) is 9.71. The van der Waals surface area contributed by atoms with Crippen LogP contribution in [0, 0.1) is 0 Å². The van der Waals surface area contributed by atoms with Gasteiger partial charge in [0.05, 0.1) is 4.90 Å². The average Bonchev–Trinajstić information content (AvgIpc) is 2.95. The number of hydrogen-bond acceptors (Lipinski definition) is 4. The maximum atomic E-state index is 12.7. The number of amidine groups is 1. The smallest absolute Gasteiger partial charge is 0.262 e. The summed E-state index contributed by atoms with van der Waals surface area (Å²) in [6.45, 7) is 0.632. The Labute approximate surface area is 175 Å². The lowest BCUT2D eigenvalue weighted by molar-refractivity contribution is -0.111. The maximum Gasteiger partial charge on any atom is 0.262 e. The molecule has 0 saturated heterocycles. The Morgan fingerprint density at radius 2 is 1.90 bits per heavy atom. The number of amides is 1. The van der Waals surface area contributed by atoms with E-state index in [2.05, 4.69) is 15.0 Å². The number of anilines is 1. The largest absolute Gasteiger partial charge is 0.322 e. The van der Waals surface area contributed by atoms with Crippen LogP contribution in [0.25, 0.3) is 6.08 Å². The normalized spacial score (nSPS) is 14.9. The van der Waals surface area contributed by atoms with Gasteiger partial charge < -0.3 is 5.32 Å². The van der Waals surface area contributed by atoms with E-state index in [4.69, 9.17) is 11.6 Å². The lowest BCUT2D eigenvalue weighted by Gasteiger charge is -2.11. The molecule has 0 radical (unpaired) electrons. The lowest BCUT2D eigenvalue weighted by Crippen LogP contribution is -2.30. The van der Waals surface area contributed by atoms with Gasteiger partial charge in [-0.15, -0.1) is 0 Å². The summed E-state index contributed by atoms with van der Waals surface area (Å²) < 4.78 is 27.9. The molecule has 2 N–H and O–H groups in total. The fraction of sp³-hybridized carbons (Fsp3) is 0.238. The molecule has 0 fully saturated rings. The molecule has 0 spiro atoms. The number of carbonyl (C=O) groups excluding carboxylic acids is 1. The highest BCUT2D eigenvalue weighted by molar-refractivity contribution is 7.90. The lowest BCUT2D eigenvalue weighted by atomic mass is 10.2. The van der Waals surface area contributed by atoms with Gasteiger partial charge in [0.2, 0.25) is 5.91 Å². The zero-order chi connectivity index (χ0) is 20.7. The van der Waals surface area contributed by atoms with Crippen LogP contribution in [0.2, 0.25) is 5.02 Å². The van der Waals surface area contributed by atoms with E-state index >= 15 is 0 Å². The molecule has 0 aromatic heterocycles. The van der Waals surface area contributed by atoms with Crippen molar-refractivity contribution in [2.24, 2.45) is 4.99 Å². The van der Waals surface area contributed by atoms with Crippen LogP contribution in [-0.2, 0) is 14.8 Å². The van der Waals surface area contributed by atoms with E-state index in [0.29, 0.717) is 29.5 Å². The second-order valence-electron chi connectivity index (χ2n) is 6.65. The number of nitrogens with one attached hydrogen (secondary N) is 2. The number of hydrogen-bond donors (Lipinski definition) is 2. The predicted octanol–water partition coefficient (Wildman–Crippen LogP) is 4.24. The second-order valence-corrected chi connectivity index (χ2v) is 8.77. The SMILES string of the molecule is O=C(C=Cc1cccc(Cl)c1)Nc1cccc(S(=O)(=O)NC2=NCCCCC2)c1. The maximum absolute atomic E-state index is 12.7. The molecule has 0 saturated carbocycles. The summed E-state index contributed by atoms with van der Waals surface area (Å²) in [5.74, 6) is 0.113. The number of aliphatic imine (C=N–C) groups is 1. The van der Waals surface area contributed by atoms with Crippen LogP contribution in [0.1, 0.15) is 31.2 Å². The zero-order valence-corrected chi connectivity index (χ0v) is 17.3. The van der Waals surface area contributed by atoms with E-state index in [-0.39, 0.29) is 10.8 Å². The highest BCUT2D eigenvalue weighted by Crippen LogP contribution is 2.17. The summed E-state index contributed by atoms with van der Waals surface area (Å²) >= 11 is 5.92. The summed E-state index contributed by atoms with van der Waals surface area (Å²) in [6.07, 6.45) is 6.54. The molecule has 152 valence electrons. The predicted molar refractivity (Wildman–Crippen MR) is 117 cm³/mol. The fourth-order valence-electron chi connectivity index (χ4n) is 2.88. The van der Waals surface area contributed by atoms with E-state index in [1.807, 2.05) is 6.07 Å². The third-order valence-corrected chi connectivity index (χ3v) is 5.93. The summed E-state index contributed by atoms with van der Waals surface area (Å²) in [4.78, 5) is 16.5. The Morgan fingerprint density at radius 1 is 1.07 bits per heavy atom. The topological polar surface area (TPSA) is 87.6 Å². The molecule has 8 heteroatoms. The van der Waals surface area contributed by atoms with Crippen molar-refractivity contribution in [1.82, 2.24) is 4.72 Å². The van der Waals surface area contributed by atoms with Gasteiger partial charge in [0.1, 0.15) is 5.84 Å². The van der Waals surface area contributed by atoms with Crippen LogP contribution in [0.4, 0.5) is 5.69 Å². The van der Waals surface area contributed by atoms with Gasteiger partial charge in [-0.2, -0.15) is 0 Å². The first kappa shape index (κ1) is 21.1. The van der Waals surface area contributed by atoms with E-state index < -0.39 is 10.0 Å². The third-order valence-electron chi connectivity index (χ3n) is 4.31. The van der Waals surface area contributed by atoms with Crippen molar-refractivity contribution in [3.8, 4) is 0 Å². The monoisotopic (exact) mass is 431 g/mol. The van der Waals surface area contributed by atoms with E-state index in [1.165, 1.54) is 18.2 Å². The third kappa shape index (κ3) is 6.44. The Bertz CT molecular complexity index is 1050. The first-order chi connectivity index (χ1) is 13.9. The molecule has 0 aliphatic carbocycles. The number of halogens is 1. The van der Waals surface area contributed by atoms with Crippen LogP contribution >= 0.6 is 11.6 Å². The quantitative estimate of drug-likeness (QED) is 0.694. The number of sulfonamides is 1. The summed E-state index contributed by atoms with van der Waals surface area (Å²) in [6, 6.07) is 13.2. The van der Waals surface area contributed by atoms with Crippen molar-refractivity contribution in [2.45, 2.75) is 30.6 Å². The number of nitrogens with zero attached hydrogens (tertiary/aromatic N) is 1. The number of rotatable bonds is 5. The van der Waals surface area contributed by atoms with Crippen LogP contribution in [0.15, 0.2) is 64.5 Å². The van der Waals surface area contributed by atoms with Gasteiger partial charge in [-0.05, 0) is 54.8 Å². The van der Waals surface area contributed by atoms with Gasteiger partial charge in [-0.3, -0.25) is 14.5 Å². The summed E-state index contributed by atoms with van der Waals surface area (Å²) in [5.41, 5.74) is 1.17. The first-order valence-electron chi connectivity index (χ1n) is 9.33. The van der Waals surface area contributed by atoms with Crippen molar-refractivity contribution in [2.75, 3.05) is 11.9 Å². The van der Waals surface area contributed by atoms with Crippen molar-refractivity contribution in [1.29, 1.82) is 0 Å². The first-order valence-corrected chi connectivity index (χ1v) is 11.2. The van der Waals surface area contributed by atoms with Crippen LogP contribution in [-0.4, -0.2) is 26.7 Å². The Balaban J connectivity index is 1.68. The molecule has 2 aromatic rings. The van der Waals surface area contributed by atoms with Crippen molar-refractivity contribution < 1.29 is 13.2 Å². The molecular formula is C21H22ClN3O3S. The fourth-order valence-corrected chi connectivity index (χ4v) is 4.21. The van der Waals surface area contributed by atoms with Crippen LogP contribution < -0.4 is 10.0 Å². The van der Waals surface area contributed by atoms with Gasteiger partial charge in [0.25, 0.3) is 10.0 Å². The number of carbonyl (C=O) groups is 1. The van der Waals surface area contributed by atoms with E-state index in [1.54, 1.807) is 36.4 Å². The molecule has 1 amide bonds. The van der Waals surface area contributed by atoms with Crippen LogP contribution in [0.3, 0.4) is 0 Å². The molecular weight excluding hydrogens is 410 g/mol. The molecule has 29 heavy (non-hydrogen) atoms. The highest BCUT2D eigenvalue weighted by Gasteiger charge is 2.17. The van der Waals surface area contributed by atoms with Crippen molar-refractivity contribution in [3.63, 3.8) is 0 Å². The van der Waals surface area contributed by atoms with Gasteiger partial charge in [-0.1, -0.05) is 36.2 Å². The molecule has 3 rings (SSSR count). The Kier molecular flexibility index (Phi) is 7.06. The molecule has 0 bridgehead atoms. The van der Waals surface area contributed by atoms with E-state index in [9.17, 15) is 13.2 Å². The minimum Gasteiger partial charge on any atom is -0.322 e. The molecule has 6 nitrogen and oxygen atoms in total. The van der Waals surface area contributed by atoms with Crippen molar-refractivity contribution >= 4 is 45.1 Å². The minimum atomic E-state index is -3.76. The molecule has 1 heterocycles. The zero-order valence-electron chi connectivity index (χ0n) is 15.8. The van der Waals surface area contributed by atoms with Gasteiger partial charge in [0, 0.05) is 29.8 Å². The Hall–Kier alpha value is -2.64. The number of benzene rings is 2. The standard InChI is InChI=1S/C21H22ClN3O3S/c22-17-7-4-6-16(14-17)11-12-21(26)24-18-8-5-9-19(15-18)29(27,28)25-20-10-2-1-3-13-23-20/h4-9,11-12,14-15H,1-3,10,13H2,(H,23,25)(H,24,26). The van der Waals surface area contributed by atoms with E-state index in [0.717, 1.165) is 24.8 Å². The summed E-state index contributed by atoms with van der Waals surface area (Å²) in [7, 11) is -3.76. The molecule has 1 aliphatic heterocycles. The molecule has 1 aliphatic rings. The van der Waals surface area contributed by atoms with Gasteiger partial charge in [-0.25, -0.2) is 8.42 Å². The highest BCUT2D eigenvalue weighted by atomic mass is 35.5. The van der Waals surface area contributed by atoms with Gasteiger partial charge in [0.15, 0.2) is 0 Å². The molecule has 2 aromatic carbocycles. The summed E-state index contributed by atoms with van der Waals surface area (Å²) in [5, 5.41) is 3.25. The van der Waals surface area contributed by atoms with Crippen LogP contribution in [0.5, 0.6) is 0 Å². The van der Waals surface area contributed by atoms with Gasteiger partial charge >= 0.3 is 0 Å².